The fourth-order valence-electron chi connectivity index (χ4n) is 2.85. The minimum absolute atomic E-state index is 0.0188. The van der Waals surface area contributed by atoms with Gasteiger partial charge in [0.1, 0.15) is 11.4 Å². The maximum Gasteiger partial charge on any atom is 0.341 e. The van der Waals surface area contributed by atoms with Crippen LogP contribution >= 0.6 is 0 Å². The Balaban J connectivity index is 2.00. The first-order chi connectivity index (χ1) is 11.3. The standard InChI is InChI=1S/C15H20N6O3/c1-15(2)8-21(14(24)19-15)13-17-7-9(12(22)23)11(18-13)20(3)10-5-4-6-16-10/h7H,4-6,8H2,1-3H3,(H,19,24)(H,22,23). The lowest BCUT2D eigenvalue weighted by Crippen LogP contribution is -2.36. The number of nitrogens with one attached hydrogen (secondary N) is 1. The van der Waals surface area contributed by atoms with Crippen molar-refractivity contribution in [1.29, 1.82) is 0 Å². The number of hydrogen-bond donors (Lipinski definition) is 2. The highest BCUT2D eigenvalue weighted by Crippen LogP contribution is 2.25. The number of carbonyl (C=O) groups is 2. The fourth-order valence-corrected chi connectivity index (χ4v) is 2.85. The molecule has 2 N–H and O–H groups in total. The minimum Gasteiger partial charge on any atom is -0.477 e. The predicted octanol–water partition coefficient (Wildman–Crippen LogP) is 1.11. The van der Waals surface area contributed by atoms with E-state index in [1.54, 1.807) is 11.9 Å². The van der Waals surface area contributed by atoms with Gasteiger partial charge in [-0.1, -0.05) is 0 Å². The highest BCUT2D eigenvalue weighted by atomic mass is 16.4. The third-order valence-electron chi connectivity index (χ3n) is 4.03. The Morgan fingerprint density at radius 2 is 2.21 bits per heavy atom. The van der Waals surface area contributed by atoms with Gasteiger partial charge >= 0.3 is 12.0 Å². The van der Waals surface area contributed by atoms with Gasteiger partial charge in [-0.2, -0.15) is 4.98 Å². The van der Waals surface area contributed by atoms with Gasteiger partial charge in [0.15, 0.2) is 5.82 Å². The molecule has 1 aromatic heterocycles. The maximum atomic E-state index is 12.1. The fraction of sp³-hybridized carbons (Fsp3) is 0.533. The Morgan fingerprint density at radius 1 is 1.46 bits per heavy atom. The van der Waals surface area contributed by atoms with E-state index >= 15 is 0 Å². The van der Waals surface area contributed by atoms with Gasteiger partial charge in [-0.05, 0) is 20.3 Å². The van der Waals surface area contributed by atoms with E-state index in [-0.39, 0.29) is 23.4 Å². The summed E-state index contributed by atoms with van der Waals surface area (Å²) in [4.78, 5) is 39.5. The number of carboxylic acids is 1. The van der Waals surface area contributed by atoms with Crippen LogP contribution in [0.3, 0.4) is 0 Å². The molecule has 9 nitrogen and oxygen atoms in total. The van der Waals surface area contributed by atoms with Gasteiger partial charge in [0.25, 0.3) is 0 Å². The van der Waals surface area contributed by atoms with Crippen molar-refractivity contribution in [2.45, 2.75) is 32.2 Å². The molecule has 1 saturated heterocycles. The quantitative estimate of drug-likeness (QED) is 0.858. The molecule has 0 spiro atoms. The first kappa shape index (κ1) is 16.2. The monoisotopic (exact) mass is 332 g/mol. The number of aliphatic imine (C=N–C) groups is 1. The SMILES string of the molecule is CN(C1=NCCC1)c1nc(N2CC(C)(C)NC2=O)ncc1C(=O)O. The van der Waals surface area contributed by atoms with E-state index in [1.807, 2.05) is 13.8 Å². The lowest BCUT2D eigenvalue weighted by Gasteiger charge is -2.22. The summed E-state index contributed by atoms with van der Waals surface area (Å²) in [6, 6.07) is -0.296. The van der Waals surface area contributed by atoms with Crippen LogP contribution in [0.25, 0.3) is 0 Å². The summed E-state index contributed by atoms with van der Waals surface area (Å²) >= 11 is 0. The molecule has 24 heavy (non-hydrogen) atoms. The van der Waals surface area contributed by atoms with Gasteiger partial charge in [0, 0.05) is 26.2 Å². The number of hydrogen-bond acceptors (Lipinski definition) is 6. The Hall–Kier alpha value is -2.71. The first-order valence-electron chi connectivity index (χ1n) is 7.75. The van der Waals surface area contributed by atoms with Crippen LogP contribution in [0.4, 0.5) is 16.6 Å². The molecule has 3 heterocycles. The van der Waals surface area contributed by atoms with Crippen molar-refractivity contribution in [1.82, 2.24) is 15.3 Å². The van der Waals surface area contributed by atoms with Crippen molar-refractivity contribution >= 4 is 29.6 Å². The minimum atomic E-state index is -1.12. The third-order valence-corrected chi connectivity index (χ3v) is 4.03. The maximum absolute atomic E-state index is 12.1. The van der Waals surface area contributed by atoms with Crippen molar-refractivity contribution in [3.8, 4) is 0 Å². The Morgan fingerprint density at radius 3 is 2.75 bits per heavy atom. The van der Waals surface area contributed by atoms with Crippen LogP contribution < -0.4 is 15.1 Å². The normalized spacial score (nSPS) is 19.2. The van der Waals surface area contributed by atoms with Gasteiger partial charge < -0.3 is 15.3 Å². The molecule has 128 valence electrons. The lowest BCUT2D eigenvalue weighted by atomic mass is 10.1. The molecule has 0 unspecified atom stereocenters. The summed E-state index contributed by atoms with van der Waals surface area (Å²) in [6.07, 6.45) is 2.94. The van der Waals surface area contributed by atoms with Gasteiger partial charge in [-0.15, -0.1) is 0 Å². The molecule has 2 aliphatic rings. The summed E-state index contributed by atoms with van der Waals surface area (Å²) in [5, 5.41) is 12.2. The van der Waals surface area contributed by atoms with Crippen LogP contribution in [0.1, 0.15) is 37.0 Å². The molecule has 1 fully saturated rings. The molecular weight excluding hydrogens is 312 g/mol. The molecule has 2 aliphatic heterocycles. The number of amides is 2. The van der Waals surface area contributed by atoms with Crippen LogP contribution in [-0.4, -0.2) is 58.6 Å². The topological polar surface area (TPSA) is 111 Å². The average molecular weight is 332 g/mol. The highest BCUT2D eigenvalue weighted by molar-refractivity contribution is 6.03. The second-order valence-electron chi connectivity index (χ2n) is 6.57. The molecule has 2 amide bonds. The smallest absolute Gasteiger partial charge is 0.341 e. The van der Waals surface area contributed by atoms with Crippen molar-refractivity contribution in [3.63, 3.8) is 0 Å². The number of rotatable bonds is 3. The predicted molar refractivity (Wildman–Crippen MR) is 88.9 cm³/mol. The number of aromatic carboxylic acids is 1. The van der Waals surface area contributed by atoms with E-state index in [0.29, 0.717) is 6.54 Å². The zero-order valence-corrected chi connectivity index (χ0v) is 13.9. The molecule has 9 heteroatoms. The Bertz CT molecular complexity index is 730. The van der Waals surface area contributed by atoms with Crippen LogP contribution in [0.15, 0.2) is 11.2 Å². The zero-order valence-electron chi connectivity index (χ0n) is 13.9. The van der Waals surface area contributed by atoms with E-state index in [0.717, 1.165) is 25.2 Å². The molecule has 1 aromatic rings. The number of nitrogens with zero attached hydrogens (tertiary/aromatic N) is 5. The van der Waals surface area contributed by atoms with E-state index in [2.05, 4.69) is 20.3 Å². The Kier molecular flexibility index (Phi) is 3.86. The van der Waals surface area contributed by atoms with Crippen LogP contribution in [0, 0.1) is 0 Å². The first-order valence-corrected chi connectivity index (χ1v) is 7.75. The molecule has 0 atom stereocenters. The van der Waals surface area contributed by atoms with Gasteiger partial charge in [-0.25, -0.2) is 14.6 Å². The molecular formula is C15H20N6O3. The Labute approximate surface area is 139 Å². The van der Waals surface area contributed by atoms with E-state index in [4.69, 9.17) is 0 Å². The summed E-state index contributed by atoms with van der Waals surface area (Å²) in [5.41, 5.74) is -0.414. The summed E-state index contributed by atoms with van der Waals surface area (Å²) < 4.78 is 0. The van der Waals surface area contributed by atoms with E-state index in [1.165, 1.54) is 11.1 Å². The lowest BCUT2D eigenvalue weighted by molar-refractivity contribution is 0.0697. The van der Waals surface area contributed by atoms with Gasteiger partial charge in [0.05, 0.1) is 12.1 Å². The number of amidine groups is 1. The summed E-state index contributed by atoms with van der Waals surface area (Å²) in [6.45, 7) is 4.93. The van der Waals surface area contributed by atoms with E-state index in [9.17, 15) is 14.7 Å². The molecule has 0 aliphatic carbocycles. The molecule has 0 saturated carbocycles. The molecule has 0 radical (unpaired) electrons. The highest BCUT2D eigenvalue weighted by Gasteiger charge is 2.37. The number of anilines is 2. The van der Waals surface area contributed by atoms with Gasteiger partial charge in [-0.3, -0.25) is 9.89 Å². The molecule has 0 bridgehead atoms. The summed E-state index contributed by atoms with van der Waals surface area (Å²) in [7, 11) is 1.73. The molecule has 0 aromatic carbocycles. The van der Waals surface area contributed by atoms with Crippen LogP contribution in [0.5, 0.6) is 0 Å². The number of carboxylic acid groups (broad SMARTS) is 1. The summed E-state index contributed by atoms with van der Waals surface area (Å²) in [5.74, 6) is 0.0933. The van der Waals surface area contributed by atoms with Crippen molar-refractivity contribution in [2.75, 3.05) is 29.9 Å². The van der Waals surface area contributed by atoms with Crippen molar-refractivity contribution in [3.05, 3.63) is 11.8 Å². The second kappa shape index (κ2) is 5.73. The second-order valence-corrected chi connectivity index (χ2v) is 6.57. The van der Waals surface area contributed by atoms with E-state index < -0.39 is 11.5 Å². The zero-order chi connectivity index (χ0) is 17.5. The van der Waals surface area contributed by atoms with Crippen molar-refractivity contribution < 1.29 is 14.7 Å². The number of carbonyl (C=O) groups excluding carboxylic acids is 1. The molecule has 3 rings (SSSR count). The van der Waals surface area contributed by atoms with Crippen molar-refractivity contribution in [2.24, 2.45) is 4.99 Å². The largest absolute Gasteiger partial charge is 0.477 e. The third kappa shape index (κ3) is 2.89. The van der Waals surface area contributed by atoms with Crippen LogP contribution in [-0.2, 0) is 0 Å². The number of aromatic nitrogens is 2. The number of urea groups is 1. The van der Waals surface area contributed by atoms with Gasteiger partial charge in [0.2, 0.25) is 5.95 Å². The average Bonchev–Trinajstić information content (AvgIpc) is 3.13. The van der Waals surface area contributed by atoms with Crippen LogP contribution in [0.2, 0.25) is 0 Å².